The lowest BCUT2D eigenvalue weighted by atomic mass is 10.1. The zero-order valence-corrected chi connectivity index (χ0v) is 15.7. The fraction of sp³-hybridized carbons (Fsp3) is 0.222. The monoisotopic (exact) mass is 392 g/mol. The zero-order valence-electron chi connectivity index (χ0n) is 14.9. The van der Waals surface area contributed by atoms with E-state index in [1.165, 1.54) is 44.4 Å². The van der Waals surface area contributed by atoms with Crippen molar-refractivity contribution in [2.75, 3.05) is 17.1 Å². The van der Waals surface area contributed by atoms with Crippen molar-refractivity contribution in [2.45, 2.75) is 24.7 Å². The first kappa shape index (κ1) is 20.2. The number of nitrogens with one attached hydrogen (secondary N) is 2. The van der Waals surface area contributed by atoms with E-state index in [0.717, 1.165) is 5.56 Å². The second kappa shape index (κ2) is 8.54. The van der Waals surface area contributed by atoms with Crippen molar-refractivity contribution in [3.05, 3.63) is 48.0 Å². The Labute approximate surface area is 157 Å². The Morgan fingerprint density at radius 2 is 1.78 bits per heavy atom. The number of carboxylic acids is 1. The summed E-state index contributed by atoms with van der Waals surface area (Å²) in [5.41, 5.74) is 1.33. The molecule has 27 heavy (non-hydrogen) atoms. The first-order valence-electron chi connectivity index (χ1n) is 8.00. The molecule has 0 saturated heterocycles. The van der Waals surface area contributed by atoms with Crippen molar-refractivity contribution in [1.82, 2.24) is 0 Å². The second-order valence-corrected chi connectivity index (χ2v) is 7.42. The Hall–Kier alpha value is -3.07. The molecule has 9 heteroatoms. The van der Waals surface area contributed by atoms with Crippen LogP contribution < -0.4 is 14.8 Å². The molecule has 0 atom stereocenters. The number of aliphatic carboxylic acids is 1. The van der Waals surface area contributed by atoms with E-state index < -0.39 is 16.0 Å². The van der Waals surface area contributed by atoms with Crippen LogP contribution in [-0.2, 0) is 26.0 Å². The van der Waals surface area contributed by atoms with Gasteiger partial charge in [0, 0.05) is 13.3 Å². The SMILES string of the molecule is COc1ccc(NS(=O)(=O)c2ccc(CCC(=O)O)cc2)cc1NC(C)=O. The first-order valence-corrected chi connectivity index (χ1v) is 9.49. The number of benzene rings is 2. The number of amides is 1. The quantitative estimate of drug-likeness (QED) is 0.634. The summed E-state index contributed by atoms with van der Waals surface area (Å²) in [6.07, 6.45) is 0.295. The molecule has 0 fully saturated rings. The Morgan fingerprint density at radius 1 is 1.11 bits per heavy atom. The molecule has 144 valence electrons. The lowest BCUT2D eigenvalue weighted by molar-refractivity contribution is -0.137. The molecule has 0 aliphatic heterocycles. The number of rotatable bonds is 8. The normalized spacial score (nSPS) is 10.9. The highest BCUT2D eigenvalue weighted by Crippen LogP contribution is 2.29. The maximum Gasteiger partial charge on any atom is 0.303 e. The number of sulfonamides is 1. The van der Waals surface area contributed by atoms with Gasteiger partial charge < -0.3 is 15.2 Å². The highest BCUT2D eigenvalue weighted by molar-refractivity contribution is 7.92. The first-order chi connectivity index (χ1) is 12.7. The van der Waals surface area contributed by atoms with E-state index in [-0.39, 0.29) is 22.9 Å². The molecule has 0 saturated carbocycles. The van der Waals surface area contributed by atoms with Crippen molar-refractivity contribution in [1.29, 1.82) is 0 Å². The van der Waals surface area contributed by atoms with Gasteiger partial charge in [0.25, 0.3) is 10.0 Å². The number of carbonyl (C=O) groups is 2. The van der Waals surface area contributed by atoms with Gasteiger partial charge in [0.1, 0.15) is 5.75 Å². The summed E-state index contributed by atoms with van der Waals surface area (Å²) in [7, 11) is -2.41. The molecule has 0 aliphatic rings. The Balaban J connectivity index is 2.20. The third kappa shape index (κ3) is 5.71. The molecule has 0 heterocycles. The number of anilines is 2. The predicted molar refractivity (Wildman–Crippen MR) is 101 cm³/mol. The Bertz CT molecular complexity index is 939. The number of methoxy groups -OCH3 is 1. The van der Waals surface area contributed by atoms with Gasteiger partial charge in [-0.1, -0.05) is 12.1 Å². The molecule has 0 aliphatic carbocycles. The van der Waals surface area contributed by atoms with Crippen molar-refractivity contribution >= 4 is 33.3 Å². The molecule has 0 spiro atoms. The highest BCUT2D eigenvalue weighted by atomic mass is 32.2. The zero-order chi connectivity index (χ0) is 20.0. The summed E-state index contributed by atoms with van der Waals surface area (Å²) < 4.78 is 32.7. The smallest absolute Gasteiger partial charge is 0.303 e. The molecule has 0 bridgehead atoms. The summed E-state index contributed by atoms with van der Waals surface area (Å²) in [5.74, 6) is -0.830. The second-order valence-electron chi connectivity index (χ2n) is 5.74. The minimum Gasteiger partial charge on any atom is -0.495 e. The fourth-order valence-electron chi connectivity index (χ4n) is 2.36. The van der Waals surface area contributed by atoms with Crippen molar-refractivity contribution in [3.63, 3.8) is 0 Å². The highest BCUT2D eigenvalue weighted by Gasteiger charge is 2.16. The van der Waals surface area contributed by atoms with E-state index in [4.69, 9.17) is 9.84 Å². The van der Waals surface area contributed by atoms with Crippen LogP contribution in [0.25, 0.3) is 0 Å². The fourth-order valence-corrected chi connectivity index (χ4v) is 3.41. The molecule has 0 aromatic heterocycles. The van der Waals surface area contributed by atoms with Crippen LogP contribution in [0.3, 0.4) is 0 Å². The van der Waals surface area contributed by atoms with E-state index in [9.17, 15) is 18.0 Å². The molecule has 0 radical (unpaired) electrons. The van der Waals surface area contributed by atoms with Gasteiger partial charge in [-0.05, 0) is 42.3 Å². The molecular weight excluding hydrogens is 372 g/mol. The maximum absolute atomic E-state index is 12.5. The third-order valence-corrected chi connectivity index (χ3v) is 5.02. The molecule has 1 amide bonds. The minimum absolute atomic E-state index is 0.0257. The van der Waals surface area contributed by atoms with Crippen LogP contribution in [0.2, 0.25) is 0 Å². The third-order valence-electron chi connectivity index (χ3n) is 3.62. The molecule has 0 unspecified atom stereocenters. The lowest BCUT2D eigenvalue weighted by Crippen LogP contribution is -2.14. The van der Waals surface area contributed by atoms with E-state index in [1.807, 2.05) is 0 Å². The number of aryl methyl sites for hydroxylation is 1. The van der Waals surface area contributed by atoms with Gasteiger partial charge in [-0.2, -0.15) is 0 Å². The molecule has 2 aromatic carbocycles. The maximum atomic E-state index is 12.5. The van der Waals surface area contributed by atoms with Gasteiger partial charge >= 0.3 is 5.97 Å². The topological polar surface area (TPSA) is 122 Å². The van der Waals surface area contributed by atoms with Gasteiger partial charge in [0.05, 0.1) is 23.4 Å². The largest absolute Gasteiger partial charge is 0.495 e. The number of hydrogen-bond donors (Lipinski definition) is 3. The average molecular weight is 392 g/mol. The van der Waals surface area contributed by atoms with Crippen LogP contribution in [0.15, 0.2) is 47.4 Å². The van der Waals surface area contributed by atoms with E-state index in [1.54, 1.807) is 12.1 Å². The lowest BCUT2D eigenvalue weighted by Gasteiger charge is -2.13. The van der Waals surface area contributed by atoms with Crippen LogP contribution in [0.1, 0.15) is 18.9 Å². The summed E-state index contributed by atoms with van der Waals surface area (Å²) >= 11 is 0. The van der Waals surface area contributed by atoms with E-state index >= 15 is 0 Å². The van der Waals surface area contributed by atoms with Crippen LogP contribution in [0.5, 0.6) is 5.75 Å². The van der Waals surface area contributed by atoms with E-state index in [2.05, 4.69) is 10.0 Å². The number of ether oxygens (including phenoxy) is 1. The number of carbonyl (C=O) groups excluding carboxylic acids is 1. The van der Waals surface area contributed by atoms with E-state index in [0.29, 0.717) is 17.9 Å². The molecule has 2 aromatic rings. The molecule has 2 rings (SSSR count). The summed E-state index contributed by atoms with van der Waals surface area (Å²) in [6, 6.07) is 10.5. The summed E-state index contributed by atoms with van der Waals surface area (Å²) in [5, 5.41) is 11.3. The van der Waals surface area contributed by atoms with Crippen LogP contribution in [0.4, 0.5) is 11.4 Å². The van der Waals surface area contributed by atoms with Crippen molar-refractivity contribution in [2.24, 2.45) is 0 Å². The Morgan fingerprint density at radius 3 is 2.33 bits per heavy atom. The van der Waals surface area contributed by atoms with Crippen LogP contribution >= 0.6 is 0 Å². The van der Waals surface area contributed by atoms with Gasteiger partial charge in [0.15, 0.2) is 0 Å². The average Bonchev–Trinajstić information content (AvgIpc) is 2.60. The van der Waals surface area contributed by atoms with Gasteiger partial charge in [-0.3, -0.25) is 14.3 Å². The van der Waals surface area contributed by atoms with Crippen molar-refractivity contribution < 1.29 is 27.9 Å². The number of hydrogen-bond acceptors (Lipinski definition) is 5. The predicted octanol–water partition coefficient (Wildman–Crippen LogP) is 2.47. The van der Waals surface area contributed by atoms with Crippen LogP contribution in [0, 0.1) is 0 Å². The standard InChI is InChI=1S/C18H20N2O6S/c1-12(21)19-16-11-14(6-9-17(16)26-2)20-27(24,25)15-7-3-13(4-8-15)5-10-18(22)23/h3-4,6-9,11,20H,5,10H2,1-2H3,(H,19,21)(H,22,23). The van der Waals surface area contributed by atoms with Crippen LogP contribution in [-0.4, -0.2) is 32.5 Å². The van der Waals surface area contributed by atoms with Gasteiger partial charge in [-0.25, -0.2) is 8.42 Å². The minimum atomic E-state index is -3.85. The number of carboxylic acid groups (broad SMARTS) is 1. The summed E-state index contributed by atoms with van der Waals surface area (Å²) in [4.78, 5) is 21.9. The van der Waals surface area contributed by atoms with Gasteiger partial charge in [-0.15, -0.1) is 0 Å². The Kier molecular flexibility index (Phi) is 6.40. The molecule has 8 nitrogen and oxygen atoms in total. The van der Waals surface area contributed by atoms with Crippen molar-refractivity contribution in [3.8, 4) is 5.75 Å². The molecular formula is C18H20N2O6S. The molecule has 3 N–H and O–H groups in total. The van der Waals surface area contributed by atoms with Gasteiger partial charge in [0.2, 0.25) is 5.91 Å². The summed E-state index contributed by atoms with van der Waals surface area (Å²) in [6.45, 7) is 1.34.